The minimum absolute atomic E-state index is 0.155. The predicted octanol–water partition coefficient (Wildman–Crippen LogP) is 2.73. The van der Waals surface area contributed by atoms with Crippen LogP contribution in [0.3, 0.4) is 0 Å². The summed E-state index contributed by atoms with van der Waals surface area (Å²) in [5.74, 6) is -0.155. The van der Waals surface area contributed by atoms with Crippen molar-refractivity contribution in [2.75, 3.05) is 18.5 Å². The summed E-state index contributed by atoms with van der Waals surface area (Å²) in [5.41, 5.74) is 6.70. The van der Waals surface area contributed by atoms with Gasteiger partial charge in [0.1, 0.15) is 4.99 Å². The van der Waals surface area contributed by atoms with E-state index >= 15 is 0 Å². The van der Waals surface area contributed by atoms with Gasteiger partial charge in [-0.25, -0.2) is 0 Å². The fourth-order valence-electron chi connectivity index (χ4n) is 1.40. The fourth-order valence-corrected chi connectivity index (χ4v) is 1.69. The van der Waals surface area contributed by atoms with Gasteiger partial charge >= 0.3 is 0 Å². The van der Waals surface area contributed by atoms with E-state index in [-0.39, 0.29) is 17.3 Å². The van der Waals surface area contributed by atoms with E-state index in [0.717, 1.165) is 6.42 Å². The van der Waals surface area contributed by atoms with Gasteiger partial charge in [0, 0.05) is 12.2 Å². The van der Waals surface area contributed by atoms with Crippen LogP contribution in [0, 0.1) is 0 Å². The van der Waals surface area contributed by atoms with E-state index in [0.29, 0.717) is 29.5 Å². The number of benzene rings is 1. The van der Waals surface area contributed by atoms with E-state index in [1.807, 2.05) is 6.92 Å². The molecular weight excluding hydrogens is 284 g/mol. The van der Waals surface area contributed by atoms with Gasteiger partial charge in [-0.1, -0.05) is 36.8 Å². The molecule has 0 bridgehead atoms. The van der Waals surface area contributed by atoms with Gasteiger partial charge in [-0.2, -0.15) is 0 Å². The molecule has 1 aromatic carbocycles. The van der Waals surface area contributed by atoms with Crippen molar-refractivity contribution in [1.29, 1.82) is 0 Å². The van der Waals surface area contributed by atoms with Crippen molar-refractivity contribution < 1.29 is 9.53 Å². The molecule has 0 aliphatic carbocycles. The Morgan fingerprint density at radius 2 is 2.21 bits per heavy atom. The van der Waals surface area contributed by atoms with Crippen LogP contribution < -0.4 is 11.1 Å². The molecule has 6 heteroatoms. The Morgan fingerprint density at radius 3 is 2.84 bits per heavy atom. The smallest absolute Gasteiger partial charge is 0.226 e. The van der Waals surface area contributed by atoms with Crippen LogP contribution >= 0.6 is 23.8 Å². The fraction of sp³-hybridized carbons (Fsp3) is 0.385. The summed E-state index contributed by atoms with van der Waals surface area (Å²) in [7, 11) is 0. The zero-order valence-corrected chi connectivity index (χ0v) is 12.3. The molecule has 1 aromatic rings. The van der Waals surface area contributed by atoms with Gasteiger partial charge in [-0.3, -0.25) is 4.79 Å². The topological polar surface area (TPSA) is 64.3 Å². The van der Waals surface area contributed by atoms with Crippen molar-refractivity contribution in [1.82, 2.24) is 0 Å². The van der Waals surface area contributed by atoms with Crippen LogP contribution in [-0.2, 0) is 9.53 Å². The van der Waals surface area contributed by atoms with E-state index < -0.39 is 0 Å². The maximum Gasteiger partial charge on any atom is 0.226 e. The van der Waals surface area contributed by atoms with Gasteiger partial charge in [0.15, 0.2) is 0 Å². The van der Waals surface area contributed by atoms with Gasteiger partial charge in [0.05, 0.1) is 23.7 Å². The van der Waals surface area contributed by atoms with Crippen molar-refractivity contribution in [3.63, 3.8) is 0 Å². The molecule has 0 atom stereocenters. The second kappa shape index (κ2) is 8.09. The molecule has 19 heavy (non-hydrogen) atoms. The Hall–Kier alpha value is -1.17. The average molecular weight is 301 g/mol. The third kappa shape index (κ3) is 5.55. The first-order valence-corrected chi connectivity index (χ1v) is 6.80. The van der Waals surface area contributed by atoms with Crippen LogP contribution in [-0.4, -0.2) is 24.1 Å². The van der Waals surface area contributed by atoms with Crippen LogP contribution in [0.25, 0.3) is 0 Å². The number of amides is 1. The third-order valence-corrected chi connectivity index (χ3v) is 2.91. The van der Waals surface area contributed by atoms with Gasteiger partial charge in [-0.05, 0) is 18.6 Å². The number of hydrogen-bond donors (Lipinski definition) is 2. The molecule has 0 radical (unpaired) electrons. The lowest BCUT2D eigenvalue weighted by atomic mass is 10.2. The van der Waals surface area contributed by atoms with Crippen molar-refractivity contribution in [2.24, 2.45) is 5.73 Å². The number of carbonyl (C=O) groups is 1. The summed E-state index contributed by atoms with van der Waals surface area (Å²) in [4.78, 5) is 12.0. The molecular formula is C13H17ClN2O2S. The maximum absolute atomic E-state index is 11.7. The lowest BCUT2D eigenvalue weighted by Gasteiger charge is -2.09. The quantitative estimate of drug-likeness (QED) is 0.600. The largest absolute Gasteiger partial charge is 0.389 e. The lowest BCUT2D eigenvalue weighted by Crippen LogP contribution is -2.16. The minimum atomic E-state index is -0.155. The van der Waals surface area contributed by atoms with Crippen molar-refractivity contribution >= 4 is 40.4 Å². The highest BCUT2D eigenvalue weighted by atomic mass is 35.5. The van der Waals surface area contributed by atoms with Gasteiger partial charge < -0.3 is 15.8 Å². The summed E-state index contributed by atoms with van der Waals surface area (Å²) in [6.07, 6.45) is 1.22. The maximum atomic E-state index is 11.7. The number of hydrogen-bond acceptors (Lipinski definition) is 3. The number of carbonyl (C=O) groups excluding carboxylic acids is 1. The Balaban J connectivity index is 2.58. The second-order valence-electron chi connectivity index (χ2n) is 3.97. The number of thiocarbonyl (C=S) groups is 1. The summed E-state index contributed by atoms with van der Waals surface area (Å²) in [6, 6.07) is 5.03. The molecule has 0 saturated heterocycles. The predicted molar refractivity (Wildman–Crippen MR) is 81.7 cm³/mol. The zero-order valence-electron chi connectivity index (χ0n) is 10.7. The molecule has 0 unspecified atom stereocenters. The number of nitrogens with one attached hydrogen (secondary N) is 1. The molecule has 0 fully saturated rings. The molecule has 3 N–H and O–H groups in total. The highest BCUT2D eigenvalue weighted by Gasteiger charge is 2.08. The molecule has 0 heterocycles. The molecule has 0 aliphatic heterocycles. The van der Waals surface area contributed by atoms with Crippen molar-refractivity contribution in [2.45, 2.75) is 19.8 Å². The van der Waals surface area contributed by atoms with Crippen LogP contribution in [0.15, 0.2) is 18.2 Å². The Labute approximate surface area is 123 Å². The normalized spacial score (nSPS) is 10.2. The summed E-state index contributed by atoms with van der Waals surface area (Å²) in [6.45, 7) is 3.07. The van der Waals surface area contributed by atoms with E-state index in [4.69, 9.17) is 34.3 Å². The van der Waals surface area contributed by atoms with E-state index in [1.165, 1.54) is 0 Å². The highest BCUT2D eigenvalue weighted by Crippen LogP contribution is 2.23. The first kappa shape index (κ1) is 15.9. The van der Waals surface area contributed by atoms with Crippen LogP contribution in [0.2, 0.25) is 5.02 Å². The molecule has 0 aromatic heterocycles. The molecule has 1 amide bonds. The number of ether oxygens (including phenoxy) is 1. The summed E-state index contributed by atoms with van der Waals surface area (Å²) < 4.78 is 5.25. The van der Waals surface area contributed by atoms with E-state index in [1.54, 1.807) is 18.2 Å². The van der Waals surface area contributed by atoms with Crippen LogP contribution in [0.5, 0.6) is 0 Å². The molecule has 0 saturated carbocycles. The monoisotopic (exact) mass is 300 g/mol. The summed E-state index contributed by atoms with van der Waals surface area (Å²) in [5, 5.41) is 3.16. The van der Waals surface area contributed by atoms with Crippen molar-refractivity contribution in [3.05, 3.63) is 28.8 Å². The van der Waals surface area contributed by atoms with Gasteiger partial charge in [-0.15, -0.1) is 0 Å². The highest BCUT2D eigenvalue weighted by molar-refractivity contribution is 7.80. The van der Waals surface area contributed by atoms with Crippen LogP contribution in [0.1, 0.15) is 25.3 Å². The second-order valence-corrected chi connectivity index (χ2v) is 4.82. The zero-order chi connectivity index (χ0) is 14.3. The van der Waals surface area contributed by atoms with Crippen LogP contribution in [0.4, 0.5) is 5.69 Å². The average Bonchev–Trinajstić information content (AvgIpc) is 2.37. The third-order valence-electron chi connectivity index (χ3n) is 2.35. The standard InChI is InChI=1S/C13H17ClN2O2S/c1-2-6-18-7-5-12(17)16-11-8-9(13(15)19)3-4-10(11)14/h3-4,8H,2,5-7H2,1H3,(H2,15,19)(H,16,17). The van der Waals surface area contributed by atoms with Crippen molar-refractivity contribution in [3.8, 4) is 0 Å². The number of rotatable bonds is 7. The van der Waals surface area contributed by atoms with Gasteiger partial charge in [0.2, 0.25) is 5.91 Å². The SMILES string of the molecule is CCCOCCC(=O)Nc1cc(C(N)=S)ccc1Cl. The molecule has 1 rings (SSSR count). The molecule has 4 nitrogen and oxygen atoms in total. The molecule has 0 spiro atoms. The van der Waals surface area contributed by atoms with E-state index in [2.05, 4.69) is 5.32 Å². The number of halogens is 1. The first-order chi connectivity index (χ1) is 9.04. The minimum Gasteiger partial charge on any atom is -0.389 e. The molecule has 104 valence electrons. The number of nitrogens with two attached hydrogens (primary N) is 1. The van der Waals surface area contributed by atoms with Gasteiger partial charge in [0.25, 0.3) is 0 Å². The first-order valence-electron chi connectivity index (χ1n) is 6.01. The van der Waals surface area contributed by atoms with E-state index in [9.17, 15) is 4.79 Å². The lowest BCUT2D eigenvalue weighted by molar-refractivity contribution is -0.117. The number of anilines is 1. The molecule has 0 aliphatic rings. The Bertz CT molecular complexity index is 466. The Kier molecular flexibility index (Phi) is 6.77. The Morgan fingerprint density at radius 1 is 1.47 bits per heavy atom. The summed E-state index contributed by atoms with van der Waals surface area (Å²) >= 11 is 10.9.